The van der Waals surface area contributed by atoms with Crippen LogP contribution in [0.25, 0.3) is 0 Å². The first-order chi connectivity index (χ1) is 18.0. The first-order valence-corrected chi connectivity index (χ1v) is 12.2. The molecular weight excluding hydrogens is 543 g/mol. The van der Waals surface area contributed by atoms with E-state index in [0.717, 1.165) is 17.4 Å². The number of hydrogen-bond donors (Lipinski definition) is 3. The molecule has 0 radical (unpaired) electrons. The van der Waals surface area contributed by atoms with Crippen LogP contribution in [-0.4, -0.2) is 31.8 Å². The van der Waals surface area contributed by atoms with Gasteiger partial charge in [-0.05, 0) is 43.7 Å². The monoisotopic (exact) mass is 561 g/mol. The maximum Gasteiger partial charge on any atom is 0.416 e. The lowest BCUT2D eigenvalue weighted by molar-refractivity contribution is -0.138. The van der Waals surface area contributed by atoms with Crippen molar-refractivity contribution in [2.75, 3.05) is 10.6 Å². The van der Waals surface area contributed by atoms with Gasteiger partial charge in [0.05, 0.1) is 17.8 Å². The Morgan fingerprint density at radius 3 is 2.47 bits per heavy atom. The van der Waals surface area contributed by atoms with Crippen LogP contribution in [0.4, 0.5) is 30.4 Å². The second-order valence-electron chi connectivity index (χ2n) is 7.99. The molecule has 0 saturated carbocycles. The van der Waals surface area contributed by atoms with Crippen LogP contribution in [0.1, 0.15) is 49.3 Å². The van der Waals surface area contributed by atoms with Crippen molar-refractivity contribution >= 4 is 51.9 Å². The molecule has 3 N–H and O–H groups in total. The Kier molecular flexibility index (Phi) is 7.88. The fraction of sp³-hybridized carbons (Fsp3) is 0.167. The summed E-state index contributed by atoms with van der Waals surface area (Å²) in [5, 5.41) is 8.54. The van der Waals surface area contributed by atoms with Gasteiger partial charge >= 0.3 is 6.18 Å². The van der Waals surface area contributed by atoms with Crippen LogP contribution in [0.2, 0.25) is 5.02 Å². The van der Waals surface area contributed by atoms with Gasteiger partial charge in [0.15, 0.2) is 11.5 Å². The molecule has 1 unspecified atom stereocenters. The molecule has 0 saturated heterocycles. The SMILES string of the molecule is Cc1ccc(NC(=O)c2cnc(C(C)NC(=O)c3ncnc(Nc4ccncc4)c3Cl)s2)cc1C(F)(F)F. The molecule has 3 heterocycles. The van der Waals surface area contributed by atoms with Crippen LogP contribution >= 0.6 is 22.9 Å². The smallest absolute Gasteiger partial charge is 0.342 e. The zero-order valence-corrected chi connectivity index (χ0v) is 21.4. The molecule has 0 aliphatic rings. The number of nitrogens with zero attached hydrogens (tertiary/aromatic N) is 4. The van der Waals surface area contributed by atoms with Crippen molar-refractivity contribution in [1.82, 2.24) is 25.3 Å². The largest absolute Gasteiger partial charge is 0.416 e. The van der Waals surface area contributed by atoms with E-state index < -0.39 is 29.6 Å². The molecule has 38 heavy (non-hydrogen) atoms. The standard InChI is InChI=1S/C24H19ClF3N7O2S/c1-12-3-4-15(9-16(12)24(26,27)28)35-21(36)17-10-30-23(38-17)13(2)33-22(37)19-18(25)20(32-11-31-19)34-14-5-7-29-8-6-14/h3-11,13H,1-2H3,(H,33,37)(H,35,36)(H,29,31,32,34). The number of amides is 2. The summed E-state index contributed by atoms with van der Waals surface area (Å²) in [6, 6.07) is 6.31. The van der Waals surface area contributed by atoms with Crippen LogP contribution in [0.15, 0.2) is 55.2 Å². The van der Waals surface area contributed by atoms with Gasteiger partial charge in [-0.25, -0.2) is 15.0 Å². The topological polar surface area (TPSA) is 122 Å². The summed E-state index contributed by atoms with van der Waals surface area (Å²) in [6.45, 7) is 2.99. The van der Waals surface area contributed by atoms with Crippen molar-refractivity contribution in [1.29, 1.82) is 0 Å². The molecule has 0 aliphatic heterocycles. The van der Waals surface area contributed by atoms with Crippen molar-refractivity contribution in [3.05, 3.63) is 87.0 Å². The van der Waals surface area contributed by atoms with E-state index >= 15 is 0 Å². The molecule has 14 heteroatoms. The molecule has 0 spiro atoms. The number of carbonyl (C=O) groups is 2. The Bertz CT molecular complexity index is 1480. The van der Waals surface area contributed by atoms with E-state index in [1.807, 2.05) is 0 Å². The normalized spacial score (nSPS) is 12.1. The zero-order valence-electron chi connectivity index (χ0n) is 19.8. The average Bonchev–Trinajstić information content (AvgIpc) is 3.37. The number of benzene rings is 1. The number of thiazole rings is 1. The summed E-state index contributed by atoms with van der Waals surface area (Å²) in [5.74, 6) is -0.998. The molecule has 2 amide bonds. The number of carbonyl (C=O) groups excluding carboxylic acids is 2. The minimum Gasteiger partial charge on any atom is -0.342 e. The van der Waals surface area contributed by atoms with E-state index in [1.165, 1.54) is 31.6 Å². The van der Waals surface area contributed by atoms with Crippen LogP contribution in [0.5, 0.6) is 0 Å². The lowest BCUT2D eigenvalue weighted by Gasteiger charge is -2.13. The Balaban J connectivity index is 1.43. The highest BCUT2D eigenvalue weighted by Crippen LogP contribution is 2.34. The van der Waals surface area contributed by atoms with Crippen LogP contribution in [-0.2, 0) is 6.18 Å². The summed E-state index contributed by atoms with van der Waals surface area (Å²) in [7, 11) is 0. The van der Waals surface area contributed by atoms with Gasteiger partial charge in [0.1, 0.15) is 21.2 Å². The first-order valence-electron chi connectivity index (χ1n) is 11.0. The number of pyridine rings is 1. The van der Waals surface area contributed by atoms with E-state index in [2.05, 4.69) is 35.9 Å². The predicted molar refractivity (Wildman–Crippen MR) is 137 cm³/mol. The third-order valence-electron chi connectivity index (χ3n) is 5.21. The van der Waals surface area contributed by atoms with Gasteiger partial charge in [-0.3, -0.25) is 14.6 Å². The predicted octanol–water partition coefficient (Wildman–Crippen LogP) is 5.80. The van der Waals surface area contributed by atoms with Gasteiger partial charge in [-0.2, -0.15) is 13.2 Å². The Hall–Kier alpha value is -4.10. The van der Waals surface area contributed by atoms with Crippen molar-refractivity contribution in [3.8, 4) is 0 Å². The van der Waals surface area contributed by atoms with Crippen molar-refractivity contribution in [3.63, 3.8) is 0 Å². The summed E-state index contributed by atoms with van der Waals surface area (Å²) in [5.41, 5.74) is -0.198. The highest BCUT2D eigenvalue weighted by atomic mass is 35.5. The van der Waals surface area contributed by atoms with E-state index in [4.69, 9.17) is 11.6 Å². The minimum absolute atomic E-state index is 0.00110. The summed E-state index contributed by atoms with van der Waals surface area (Å²) in [6.07, 6.45) is 1.09. The summed E-state index contributed by atoms with van der Waals surface area (Å²) >= 11 is 7.34. The molecule has 196 valence electrons. The highest BCUT2D eigenvalue weighted by molar-refractivity contribution is 7.13. The number of rotatable bonds is 7. The van der Waals surface area contributed by atoms with Crippen LogP contribution in [0.3, 0.4) is 0 Å². The molecule has 0 fully saturated rings. The molecule has 0 bridgehead atoms. The Labute approximate surface area is 223 Å². The molecule has 9 nitrogen and oxygen atoms in total. The molecule has 4 aromatic rings. The number of nitrogens with one attached hydrogen (secondary N) is 3. The molecule has 1 aromatic carbocycles. The number of aryl methyl sites for hydroxylation is 1. The Morgan fingerprint density at radius 1 is 1.03 bits per heavy atom. The van der Waals surface area contributed by atoms with Crippen LogP contribution < -0.4 is 16.0 Å². The first kappa shape index (κ1) is 26.9. The molecule has 3 aromatic heterocycles. The fourth-order valence-electron chi connectivity index (χ4n) is 3.30. The van der Waals surface area contributed by atoms with Crippen molar-refractivity contribution in [2.24, 2.45) is 0 Å². The molecule has 0 aliphatic carbocycles. The van der Waals surface area contributed by atoms with Crippen molar-refractivity contribution < 1.29 is 22.8 Å². The quantitative estimate of drug-likeness (QED) is 0.261. The van der Waals surface area contributed by atoms with Gasteiger partial charge < -0.3 is 16.0 Å². The van der Waals surface area contributed by atoms with E-state index in [1.54, 1.807) is 31.5 Å². The van der Waals surface area contributed by atoms with E-state index in [-0.39, 0.29) is 32.7 Å². The van der Waals surface area contributed by atoms with Gasteiger partial charge in [0.25, 0.3) is 11.8 Å². The van der Waals surface area contributed by atoms with Crippen molar-refractivity contribution in [2.45, 2.75) is 26.1 Å². The third kappa shape index (κ3) is 6.23. The van der Waals surface area contributed by atoms with Gasteiger partial charge in [0.2, 0.25) is 0 Å². The van der Waals surface area contributed by atoms with Crippen LogP contribution in [0, 0.1) is 6.92 Å². The summed E-state index contributed by atoms with van der Waals surface area (Å²) < 4.78 is 39.5. The number of anilines is 3. The fourth-order valence-corrected chi connectivity index (χ4v) is 4.35. The zero-order chi connectivity index (χ0) is 27.4. The average molecular weight is 562 g/mol. The number of halogens is 4. The van der Waals surface area contributed by atoms with Gasteiger partial charge in [-0.15, -0.1) is 11.3 Å². The number of hydrogen-bond acceptors (Lipinski definition) is 8. The highest BCUT2D eigenvalue weighted by Gasteiger charge is 2.32. The van der Waals surface area contributed by atoms with E-state index in [0.29, 0.717) is 10.7 Å². The Morgan fingerprint density at radius 2 is 1.76 bits per heavy atom. The lowest BCUT2D eigenvalue weighted by Crippen LogP contribution is -2.28. The van der Waals surface area contributed by atoms with E-state index in [9.17, 15) is 22.8 Å². The minimum atomic E-state index is -4.54. The molecular formula is C24H19ClF3N7O2S. The summed E-state index contributed by atoms with van der Waals surface area (Å²) in [4.78, 5) is 41.8. The number of aromatic nitrogens is 4. The van der Waals surface area contributed by atoms with Gasteiger partial charge in [0, 0.05) is 23.8 Å². The molecule has 4 rings (SSSR count). The number of alkyl halides is 3. The second-order valence-corrected chi connectivity index (χ2v) is 9.43. The maximum atomic E-state index is 13.2. The second kappa shape index (κ2) is 11.1. The third-order valence-corrected chi connectivity index (χ3v) is 6.75. The lowest BCUT2D eigenvalue weighted by atomic mass is 10.1. The maximum absolute atomic E-state index is 13.2. The van der Waals surface area contributed by atoms with Gasteiger partial charge in [-0.1, -0.05) is 17.7 Å². The molecule has 1 atom stereocenters.